The van der Waals surface area contributed by atoms with E-state index in [4.69, 9.17) is 11.3 Å². The van der Waals surface area contributed by atoms with Crippen LogP contribution in [0, 0.1) is 28.5 Å². The van der Waals surface area contributed by atoms with Gasteiger partial charge >= 0.3 is 5.69 Å². The van der Waals surface area contributed by atoms with Gasteiger partial charge in [0, 0.05) is 31.5 Å². The van der Waals surface area contributed by atoms with Crippen LogP contribution in [0.3, 0.4) is 0 Å². The number of carbonyl (C=O) groups excluding carboxylic acids is 1. The molecule has 0 unspecified atom stereocenters. The fourth-order valence-electron chi connectivity index (χ4n) is 3.00. The smallest absolute Gasteiger partial charge is 0.303 e. The Morgan fingerprint density at radius 1 is 1.52 bits per heavy atom. The monoisotopic (exact) mass is 345 g/mol. The van der Waals surface area contributed by atoms with Crippen LogP contribution >= 0.6 is 0 Å². The van der Waals surface area contributed by atoms with E-state index in [0.717, 1.165) is 19.4 Å². The molecule has 1 heterocycles. The number of carbonyl (C=O) groups is 1. The van der Waals surface area contributed by atoms with Gasteiger partial charge in [-0.05, 0) is 24.8 Å². The molecule has 1 saturated heterocycles. The number of hydrogen-bond donors (Lipinski definition) is 0. The van der Waals surface area contributed by atoms with Gasteiger partial charge in [-0.3, -0.25) is 14.9 Å². The zero-order valence-corrected chi connectivity index (χ0v) is 14.6. The number of para-hydroxylation sites is 1. The molecule has 0 aliphatic carbocycles. The molecule has 1 amide bonds. The third-order valence-corrected chi connectivity index (χ3v) is 4.22. The molecular weight excluding hydrogens is 322 g/mol. The molecule has 0 aromatic heterocycles. The van der Waals surface area contributed by atoms with Crippen molar-refractivity contribution < 1.29 is 14.5 Å². The lowest BCUT2D eigenvalue weighted by Gasteiger charge is -2.33. The Kier molecular flexibility index (Phi) is 6.34. The summed E-state index contributed by atoms with van der Waals surface area (Å²) in [7, 11) is 0. The van der Waals surface area contributed by atoms with E-state index >= 15 is 0 Å². The number of rotatable bonds is 6. The second-order valence-corrected chi connectivity index (χ2v) is 6.75. The Bertz CT molecular complexity index is 681. The summed E-state index contributed by atoms with van der Waals surface area (Å²) in [5.41, 5.74) is -0.319. The lowest BCUT2D eigenvalue weighted by atomic mass is 9.98. The van der Waals surface area contributed by atoms with Crippen LogP contribution in [0.1, 0.15) is 33.1 Å². The van der Waals surface area contributed by atoms with Gasteiger partial charge in [-0.2, -0.15) is 0 Å². The number of piperidine rings is 1. The number of benzene rings is 1. The number of nitro benzene ring substituents is 1. The third-order valence-electron chi connectivity index (χ3n) is 4.22. The molecule has 0 spiro atoms. The topological polar surface area (TPSA) is 77.0 Å². The van der Waals surface area contributed by atoms with Gasteiger partial charge in [0.2, 0.25) is 5.91 Å². The van der Waals surface area contributed by atoms with E-state index in [1.807, 2.05) is 18.7 Å². The lowest BCUT2D eigenvalue weighted by molar-refractivity contribution is -0.383. The minimum Gasteiger partial charge on any atom is -0.504 e. The van der Waals surface area contributed by atoms with Crippen LogP contribution in [0.15, 0.2) is 18.2 Å². The van der Waals surface area contributed by atoms with Crippen molar-refractivity contribution in [2.45, 2.75) is 33.1 Å². The van der Waals surface area contributed by atoms with Crippen LogP contribution < -0.4 is 4.74 Å². The fraction of sp³-hybridized carbons (Fsp3) is 0.556. The maximum absolute atomic E-state index is 12.2. The summed E-state index contributed by atoms with van der Waals surface area (Å²) < 4.78 is 5.71. The highest BCUT2D eigenvalue weighted by molar-refractivity contribution is 5.76. The van der Waals surface area contributed by atoms with Crippen molar-refractivity contribution in [2.24, 2.45) is 11.8 Å². The second kappa shape index (κ2) is 8.47. The first-order valence-corrected chi connectivity index (χ1v) is 8.47. The molecule has 1 aromatic rings. The summed E-state index contributed by atoms with van der Waals surface area (Å²) in [5.74, 6) is 0.893. The van der Waals surface area contributed by atoms with Crippen molar-refractivity contribution in [1.29, 1.82) is 0 Å². The molecule has 7 nitrogen and oxygen atoms in total. The van der Waals surface area contributed by atoms with Gasteiger partial charge in [0.15, 0.2) is 0 Å². The van der Waals surface area contributed by atoms with E-state index in [2.05, 4.69) is 4.85 Å². The highest BCUT2D eigenvalue weighted by Gasteiger charge is 2.25. The minimum atomic E-state index is -0.576. The first kappa shape index (κ1) is 18.7. The predicted octanol–water partition coefficient (Wildman–Crippen LogP) is 3.81. The van der Waals surface area contributed by atoms with Crippen LogP contribution in [-0.4, -0.2) is 35.4 Å². The molecule has 1 aliphatic heterocycles. The molecule has 7 heteroatoms. The van der Waals surface area contributed by atoms with Crippen LogP contribution in [-0.2, 0) is 4.79 Å². The number of likely N-dealkylation sites (tertiary alicyclic amines) is 1. The molecule has 1 atom stereocenters. The van der Waals surface area contributed by atoms with E-state index < -0.39 is 4.92 Å². The van der Waals surface area contributed by atoms with Crippen LogP contribution in [0.2, 0.25) is 0 Å². The molecule has 1 aromatic carbocycles. The summed E-state index contributed by atoms with van der Waals surface area (Å²) in [4.78, 5) is 27.8. The Morgan fingerprint density at radius 2 is 2.28 bits per heavy atom. The molecule has 25 heavy (non-hydrogen) atoms. The van der Waals surface area contributed by atoms with Crippen molar-refractivity contribution >= 4 is 17.3 Å². The summed E-state index contributed by atoms with van der Waals surface area (Å²) in [5, 5.41) is 11.0. The normalized spacial score (nSPS) is 17.2. The SMILES string of the molecule is [C-]#[N+]c1c(OC[C@H]2CCCN(C(=O)CC(C)C)C2)cccc1[N+](=O)[O-]. The summed E-state index contributed by atoms with van der Waals surface area (Å²) >= 11 is 0. The first-order chi connectivity index (χ1) is 11.9. The van der Waals surface area contributed by atoms with Crippen molar-refractivity contribution in [3.63, 3.8) is 0 Å². The van der Waals surface area contributed by atoms with Gasteiger partial charge in [-0.1, -0.05) is 19.9 Å². The van der Waals surface area contributed by atoms with Crippen molar-refractivity contribution in [2.75, 3.05) is 19.7 Å². The molecule has 0 saturated carbocycles. The van der Waals surface area contributed by atoms with E-state index in [1.165, 1.54) is 12.1 Å². The van der Waals surface area contributed by atoms with Crippen molar-refractivity contribution in [3.8, 4) is 5.75 Å². The van der Waals surface area contributed by atoms with Gasteiger partial charge in [0.1, 0.15) is 5.75 Å². The fourth-order valence-corrected chi connectivity index (χ4v) is 3.00. The van der Waals surface area contributed by atoms with E-state index in [0.29, 0.717) is 25.5 Å². The Morgan fingerprint density at radius 3 is 2.92 bits per heavy atom. The molecule has 0 bridgehead atoms. The van der Waals surface area contributed by atoms with E-state index in [9.17, 15) is 14.9 Å². The van der Waals surface area contributed by atoms with E-state index in [-0.39, 0.29) is 28.9 Å². The molecule has 134 valence electrons. The van der Waals surface area contributed by atoms with Crippen LogP contribution in [0.4, 0.5) is 11.4 Å². The second-order valence-electron chi connectivity index (χ2n) is 6.75. The Balaban J connectivity index is 2.00. The zero-order chi connectivity index (χ0) is 18.4. The van der Waals surface area contributed by atoms with Gasteiger partial charge < -0.3 is 9.64 Å². The zero-order valence-electron chi connectivity index (χ0n) is 14.6. The minimum absolute atomic E-state index is 0.0731. The van der Waals surface area contributed by atoms with Gasteiger partial charge in [0.25, 0.3) is 5.69 Å². The average Bonchev–Trinajstić information content (AvgIpc) is 2.59. The largest absolute Gasteiger partial charge is 0.504 e. The lowest BCUT2D eigenvalue weighted by Crippen LogP contribution is -2.41. The summed E-state index contributed by atoms with van der Waals surface area (Å²) in [6.07, 6.45) is 2.40. The number of ether oxygens (including phenoxy) is 1. The van der Waals surface area contributed by atoms with E-state index in [1.54, 1.807) is 6.07 Å². The standard InChI is InChI=1S/C18H23N3O4/c1-13(2)10-17(22)20-9-5-6-14(11-20)12-25-16-8-4-7-15(21(23)24)18(16)19-3/h4,7-8,13-14H,5-6,9-12H2,1-2H3/t14-/m0/s1. The Labute approximate surface area is 147 Å². The number of hydrogen-bond acceptors (Lipinski definition) is 4. The van der Waals surface area contributed by atoms with Gasteiger partial charge in [0.05, 0.1) is 18.1 Å². The molecule has 2 rings (SSSR count). The van der Waals surface area contributed by atoms with Crippen LogP contribution in [0.25, 0.3) is 4.85 Å². The quantitative estimate of drug-likeness (QED) is 0.446. The highest BCUT2D eigenvalue weighted by Crippen LogP contribution is 2.37. The first-order valence-electron chi connectivity index (χ1n) is 8.47. The highest BCUT2D eigenvalue weighted by atomic mass is 16.6. The summed E-state index contributed by atoms with van der Waals surface area (Å²) in [6.45, 7) is 13.0. The van der Waals surface area contributed by atoms with Crippen molar-refractivity contribution in [3.05, 3.63) is 39.7 Å². The van der Waals surface area contributed by atoms with Crippen molar-refractivity contribution in [1.82, 2.24) is 4.90 Å². The summed E-state index contributed by atoms with van der Waals surface area (Å²) in [6, 6.07) is 4.39. The number of nitrogens with zero attached hydrogens (tertiary/aromatic N) is 3. The van der Waals surface area contributed by atoms with Gasteiger partial charge in [-0.15, -0.1) is 0 Å². The molecule has 1 aliphatic rings. The average molecular weight is 345 g/mol. The maximum Gasteiger partial charge on any atom is 0.303 e. The predicted molar refractivity (Wildman–Crippen MR) is 93.6 cm³/mol. The molecule has 0 radical (unpaired) electrons. The number of nitro groups is 1. The molecular formula is C18H23N3O4. The number of amides is 1. The van der Waals surface area contributed by atoms with Gasteiger partial charge in [-0.25, -0.2) is 4.85 Å². The third kappa shape index (κ3) is 4.92. The molecule has 0 N–H and O–H groups in total. The maximum atomic E-state index is 12.2. The molecule has 1 fully saturated rings. The Hall–Kier alpha value is -2.62. The van der Waals surface area contributed by atoms with Crippen LogP contribution in [0.5, 0.6) is 5.75 Å².